The van der Waals surface area contributed by atoms with E-state index in [0.29, 0.717) is 11.8 Å². The van der Waals surface area contributed by atoms with E-state index in [4.69, 9.17) is 0 Å². The van der Waals surface area contributed by atoms with Crippen molar-refractivity contribution in [1.29, 1.82) is 0 Å². The van der Waals surface area contributed by atoms with Crippen molar-refractivity contribution in [3.8, 4) is 0 Å². The maximum Gasteiger partial charge on any atom is 0.00715 e. The van der Waals surface area contributed by atoms with Gasteiger partial charge < -0.3 is 14.9 Å². The van der Waals surface area contributed by atoms with Gasteiger partial charge in [0.1, 0.15) is 0 Å². The van der Waals surface area contributed by atoms with Crippen LogP contribution >= 0.6 is 0 Å². The van der Waals surface area contributed by atoms with Crippen LogP contribution in [0.15, 0.2) is 63.8 Å². The second kappa shape index (κ2) is 9.37. The number of hydrogen-bond donors (Lipinski definition) is 0. The Hall–Kier alpha value is -0.603. The Bertz CT molecular complexity index is 747. The molecule has 3 aliphatic rings. The fourth-order valence-electron chi connectivity index (χ4n) is 4.00. The van der Waals surface area contributed by atoms with E-state index in [1.165, 1.54) is 33.4 Å². The molecule has 0 radical (unpaired) electrons. The fourth-order valence-corrected chi connectivity index (χ4v) is 5.44. The molecule has 3 aliphatic carbocycles. The molecular formula is C23H31HfSi-3. The minimum Gasteiger partial charge on any atom is -0.358 e. The summed E-state index contributed by atoms with van der Waals surface area (Å²) in [6.45, 7) is 14.0. The summed E-state index contributed by atoms with van der Waals surface area (Å²) in [5, 5.41) is 1.62. The van der Waals surface area contributed by atoms with Gasteiger partial charge in [0.15, 0.2) is 0 Å². The van der Waals surface area contributed by atoms with E-state index >= 15 is 0 Å². The Morgan fingerprint density at radius 1 is 1.00 bits per heavy atom. The minimum absolute atomic E-state index is 0. The van der Waals surface area contributed by atoms with E-state index in [9.17, 15) is 0 Å². The molecule has 0 aromatic rings. The monoisotopic (exact) mass is 515 g/mol. The van der Waals surface area contributed by atoms with Gasteiger partial charge in [0.05, 0.1) is 0 Å². The summed E-state index contributed by atoms with van der Waals surface area (Å²) in [6, 6.07) is 0. The average molecular weight is 514 g/mol. The Morgan fingerprint density at radius 3 is 2.16 bits per heavy atom. The standard InChI is InChI=1S/C21H25Si.2CH3.Hf/c1-13-10-11-14(2)19(13)20-15(3)12-17-8-7-9-18(22(5)6)16(4)21(17)20;;;/h7-11,13,16H,1-6H3;2*1H3;/q3*-1;. The minimum atomic E-state index is -0.441. The van der Waals surface area contributed by atoms with Gasteiger partial charge in [-0.15, -0.1) is 34.9 Å². The maximum atomic E-state index is 3.64. The molecule has 2 heteroatoms. The zero-order valence-corrected chi connectivity index (χ0v) is 21.6. The summed E-state index contributed by atoms with van der Waals surface area (Å²) < 4.78 is 0. The molecule has 25 heavy (non-hydrogen) atoms. The van der Waals surface area contributed by atoms with Gasteiger partial charge in [-0.1, -0.05) is 68.4 Å². The summed E-state index contributed by atoms with van der Waals surface area (Å²) in [4.78, 5) is 0. The Kier molecular flexibility index (Phi) is 9.14. The van der Waals surface area contributed by atoms with E-state index in [-0.39, 0.29) is 40.7 Å². The van der Waals surface area contributed by atoms with E-state index < -0.39 is 8.41 Å². The molecule has 0 N–H and O–H groups in total. The quantitative estimate of drug-likeness (QED) is 0.293. The molecule has 0 fully saturated rings. The first-order valence-electron chi connectivity index (χ1n) is 8.22. The predicted octanol–water partition coefficient (Wildman–Crippen LogP) is 6.11. The number of allylic oxidation sites excluding steroid dienone is 12. The molecule has 0 nitrogen and oxygen atoms in total. The fraction of sp³-hybridized carbons (Fsp3) is 0.348. The summed E-state index contributed by atoms with van der Waals surface area (Å²) in [5.41, 5.74) is 8.52. The molecular weight excluding hydrogens is 483 g/mol. The maximum absolute atomic E-state index is 3.64. The summed E-state index contributed by atoms with van der Waals surface area (Å²) >= 11 is 0. The van der Waals surface area contributed by atoms with Gasteiger partial charge in [-0.2, -0.15) is 5.57 Å². The molecule has 134 valence electrons. The Morgan fingerprint density at radius 2 is 1.64 bits per heavy atom. The van der Waals surface area contributed by atoms with Crippen molar-refractivity contribution in [1.82, 2.24) is 0 Å². The largest absolute Gasteiger partial charge is 0.358 e. The molecule has 0 heterocycles. The molecule has 0 aliphatic heterocycles. The van der Waals surface area contributed by atoms with E-state index in [1.54, 1.807) is 5.17 Å². The van der Waals surface area contributed by atoms with E-state index in [2.05, 4.69) is 77.2 Å². The third-order valence-electron chi connectivity index (χ3n) is 5.06. The summed E-state index contributed by atoms with van der Waals surface area (Å²) in [5.74, 6) is 1.01. The third kappa shape index (κ3) is 4.22. The normalized spacial score (nSPS) is 24.0. The molecule has 0 amide bonds. The zero-order chi connectivity index (χ0) is 16.0. The van der Waals surface area contributed by atoms with Gasteiger partial charge in [0.25, 0.3) is 0 Å². The molecule has 2 unspecified atom stereocenters. The van der Waals surface area contributed by atoms with Gasteiger partial charge in [-0.3, -0.25) is 0 Å². The van der Waals surface area contributed by atoms with E-state index in [1.807, 2.05) is 0 Å². The first-order chi connectivity index (χ1) is 10.4. The van der Waals surface area contributed by atoms with Crippen molar-refractivity contribution >= 4 is 13.6 Å². The molecule has 0 spiro atoms. The van der Waals surface area contributed by atoms with Crippen LogP contribution in [0.1, 0.15) is 27.7 Å². The summed E-state index contributed by atoms with van der Waals surface area (Å²) in [6.07, 6.45) is 15.1. The molecule has 0 saturated carbocycles. The summed E-state index contributed by atoms with van der Waals surface area (Å²) in [7, 11) is -0.441. The first-order valence-corrected chi connectivity index (χ1v) is 10.7. The average Bonchev–Trinajstić information content (AvgIpc) is 2.87. The van der Waals surface area contributed by atoms with Crippen LogP contribution in [0.2, 0.25) is 13.1 Å². The van der Waals surface area contributed by atoms with Crippen molar-refractivity contribution in [2.45, 2.75) is 40.8 Å². The third-order valence-corrected chi connectivity index (χ3v) is 6.81. The van der Waals surface area contributed by atoms with Crippen LogP contribution in [0.4, 0.5) is 0 Å². The van der Waals surface area contributed by atoms with Crippen LogP contribution in [0.5, 0.6) is 0 Å². The smallest absolute Gasteiger partial charge is 0.00715 e. The Labute approximate surface area is 176 Å². The van der Waals surface area contributed by atoms with Crippen LogP contribution in [-0.2, 0) is 25.8 Å². The topological polar surface area (TPSA) is 0 Å². The van der Waals surface area contributed by atoms with Crippen molar-refractivity contribution in [3.63, 3.8) is 0 Å². The van der Waals surface area contributed by atoms with Gasteiger partial charge in [0, 0.05) is 34.3 Å². The van der Waals surface area contributed by atoms with Crippen LogP contribution in [-0.4, -0.2) is 13.6 Å². The number of hydrogen-bond acceptors (Lipinski definition) is 0. The molecule has 0 aromatic carbocycles. The van der Waals surface area contributed by atoms with Gasteiger partial charge in [-0.05, 0) is 18.8 Å². The zero-order valence-electron chi connectivity index (χ0n) is 17.0. The first kappa shape index (κ1) is 24.4. The second-order valence-electron chi connectivity index (χ2n) is 6.90. The molecule has 0 bridgehead atoms. The number of fused-ring (bicyclic) bond motifs is 1. The van der Waals surface area contributed by atoms with Crippen molar-refractivity contribution in [3.05, 3.63) is 84.7 Å². The van der Waals surface area contributed by atoms with Crippen LogP contribution < -0.4 is 0 Å². The molecule has 2 atom stereocenters. The van der Waals surface area contributed by atoms with Crippen molar-refractivity contribution < 1.29 is 25.8 Å². The second-order valence-corrected chi connectivity index (χ2v) is 9.48. The van der Waals surface area contributed by atoms with Crippen LogP contribution in [0, 0.1) is 32.8 Å². The predicted molar refractivity (Wildman–Crippen MR) is 112 cm³/mol. The van der Waals surface area contributed by atoms with Gasteiger partial charge in [0.2, 0.25) is 0 Å². The van der Waals surface area contributed by atoms with Crippen molar-refractivity contribution in [2.24, 2.45) is 11.8 Å². The van der Waals surface area contributed by atoms with E-state index in [0.717, 1.165) is 0 Å². The molecule has 3 rings (SSSR count). The van der Waals surface area contributed by atoms with Crippen molar-refractivity contribution in [2.75, 3.05) is 0 Å². The molecule has 0 aromatic heterocycles. The number of rotatable bonds is 1. The Balaban J connectivity index is 0.00000192. The van der Waals surface area contributed by atoms with Crippen LogP contribution in [0.3, 0.4) is 0 Å². The van der Waals surface area contributed by atoms with Gasteiger partial charge >= 0.3 is 0 Å². The van der Waals surface area contributed by atoms with Gasteiger partial charge in [-0.25, -0.2) is 0 Å². The van der Waals surface area contributed by atoms with Crippen LogP contribution in [0.25, 0.3) is 0 Å². The molecule has 0 saturated heterocycles. The SMILES string of the molecule is CC1=[C-]C2=CC=CC(=[Si](C)C)C(C)C2=C1C1=C(C)C=CC1C.[CH3-].[CH3-].[Hf].